The zero-order chi connectivity index (χ0) is 22.1. The molecule has 0 spiro atoms. The van der Waals surface area contributed by atoms with E-state index in [-0.39, 0.29) is 0 Å². The van der Waals surface area contributed by atoms with Gasteiger partial charge in [-0.05, 0) is 73.7 Å². The largest absolute Gasteiger partial charge is 0.479 e. The molecule has 1 aliphatic heterocycles. The lowest BCUT2D eigenvalue weighted by Gasteiger charge is -2.23. The predicted octanol–water partition coefficient (Wildman–Crippen LogP) is 6.14. The van der Waals surface area contributed by atoms with Crippen molar-refractivity contribution < 1.29 is 14.6 Å². The highest BCUT2D eigenvalue weighted by Crippen LogP contribution is 2.40. The van der Waals surface area contributed by atoms with Crippen LogP contribution in [0.15, 0.2) is 54.8 Å². The van der Waals surface area contributed by atoms with Gasteiger partial charge in [-0.1, -0.05) is 30.3 Å². The first kappa shape index (κ1) is 21.2. The summed E-state index contributed by atoms with van der Waals surface area (Å²) in [5.74, 6) is 0.228. The number of anilines is 1. The molecular weight excluding hydrogens is 412 g/mol. The summed E-state index contributed by atoms with van der Waals surface area (Å²) in [7, 11) is 0. The number of benzene rings is 2. The number of aromatic nitrogens is 1. The van der Waals surface area contributed by atoms with E-state index in [2.05, 4.69) is 11.5 Å². The van der Waals surface area contributed by atoms with Crippen molar-refractivity contribution in [2.45, 2.75) is 32.8 Å². The number of carboxylic acids is 1. The third-order valence-electron chi connectivity index (χ3n) is 5.60. The van der Waals surface area contributed by atoms with Gasteiger partial charge in [0.05, 0.1) is 11.3 Å². The SMILES string of the molecule is C=C(C)O[C@H](C(=O)O)c1c(C)cc2nc(N3CCCC3)ccc2c1-c1ccc(Cl)cc1. The second-order valence-electron chi connectivity index (χ2n) is 7.96. The van der Waals surface area contributed by atoms with Gasteiger partial charge in [0.25, 0.3) is 0 Å². The molecule has 1 atom stereocenters. The van der Waals surface area contributed by atoms with Gasteiger partial charge in [-0.2, -0.15) is 0 Å². The van der Waals surface area contributed by atoms with Crippen molar-refractivity contribution in [3.63, 3.8) is 0 Å². The number of nitrogens with zero attached hydrogens (tertiary/aromatic N) is 2. The second-order valence-corrected chi connectivity index (χ2v) is 8.39. The summed E-state index contributed by atoms with van der Waals surface area (Å²) in [6, 6.07) is 13.4. The van der Waals surface area contributed by atoms with Gasteiger partial charge in [-0.25, -0.2) is 9.78 Å². The number of aliphatic carboxylic acids is 1. The van der Waals surface area contributed by atoms with Gasteiger partial charge in [0.2, 0.25) is 6.10 Å². The molecule has 1 aromatic heterocycles. The maximum absolute atomic E-state index is 12.2. The highest BCUT2D eigenvalue weighted by atomic mass is 35.5. The first-order valence-corrected chi connectivity index (χ1v) is 10.7. The Balaban J connectivity index is 1.99. The first-order chi connectivity index (χ1) is 14.8. The van der Waals surface area contributed by atoms with Crippen LogP contribution in [0.25, 0.3) is 22.0 Å². The number of hydrogen-bond donors (Lipinski definition) is 1. The zero-order valence-corrected chi connectivity index (χ0v) is 18.4. The van der Waals surface area contributed by atoms with E-state index >= 15 is 0 Å². The van der Waals surface area contributed by atoms with E-state index in [1.165, 1.54) is 12.8 Å². The van der Waals surface area contributed by atoms with Gasteiger partial charge >= 0.3 is 5.97 Å². The average Bonchev–Trinajstić information content (AvgIpc) is 3.26. The number of hydrogen-bond acceptors (Lipinski definition) is 4. The zero-order valence-electron chi connectivity index (χ0n) is 17.7. The molecule has 160 valence electrons. The molecule has 0 bridgehead atoms. The quantitative estimate of drug-likeness (QED) is 0.470. The van der Waals surface area contributed by atoms with Crippen LogP contribution in [0, 0.1) is 6.92 Å². The maximum atomic E-state index is 12.2. The van der Waals surface area contributed by atoms with E-state index in [9.17, 15) is 9.90 Å². The minimum Gasteiger partial charge on any atom is -0.479 e. The van der Waals surface area contributed by atoms with Crippen molar-refractivity contribution in [2.75, 3.05) is 18.0 Å². The molecule has 2 aromatic carbocycles. The lowest BCUT2D eigenvalue weighted by Crippen LogP contribution is -2.19. The van der Waals surface area contributed by atoms with Crippen LogP contribution in [-0.2, 0) is 9.53 Å². The number of ether oxygens (including phenoxy) is 1. The fourth-order valence-electron chi connectivity index (χ4n) is 4.23. The van der Waals surface area contributed by atoms with Crippen LogP contribution in [0.4, 0.5) is 5.82 Å². The summed E-state index contributed by atoms with van der Waals surface area (Å²) in [5, 5.41) is 11.5. The number of fused-ring (bicyclic) bond motifs is 1. The average molecular weight is 437 g/mol. The van der Waals surface area contributed by atoms with E-state index in [0.29, 0.717) is 16.3 Å². The van der Waals surface area contributed by atoms with E-state index in [0.717, 1.165) is 46.5 Å². The van der Waals surface area contributed by atoms with Gasteiger partial charge < -0.3 is 14.7 Å². The second kappa shape index (κ2) is 8.60. The maximum Gasteiger partial charge on any atom is 0.349 e. The Morgan fingerprint density at radius 1 is 1.19 bits per heavy atom. The summed E-state index contributed by atoms with van der Waals surface area (Å²) in [4.78, 5) is 19.4. The third-order valence-corrected chi connectivity index (χ3v) is 5.85. The van der Waals surface area contributed by atoms with Crippen molar-refractivity contribution in [3.8, 4) is 11.1 Å². The van der Waals surface area contributed by atoms with Crippen molar-refractivity contribution in [1.82, 2.24) is 4.98 Å². The highest BCUT2D eigenvalue weighted by molar-refractivity contribution is 6.30. The molecule has 6 heteroatoms. The summed E-state index contributed by atoms with van der Waals surface area (Å²) in [6.07, 6.45) is 1.17. The van der Waals surface area contributed by atoms with Crippen LogP contribution in [0.1, 0.15) is 37.0 Å². The Kier molecular flexibility index (Phi) is 5.88. The van der Waals surface area contributed by atoms with E-state index in [1.807, 2.05) is 37.3 Å². The molecule has 1 saturated heterocycles. The van der Waals surface area contributed by atoms with E-state index in [1.54, 1.807) is 19.1 Å². The molecule has 0 aliphatic carbocycles. The number of rotatable bonds is 6. The lowest BCUT2D eigenvalue weighted by atomic mass is 9.88. The monoisotopic (exact) mass is 436 g/mol. The van der Waals surface area contributed by atoms with Crippen molar-refractivity contribution in [1.29, 1.82) is 0 Å². The number of allylic oxidation sites excluding steroid dienone is 1. The van der Waals surface area contributed by atoms with Crippen molar-refractivity contribution in [3.05, 3.63) is 71.0 Å². The molecular formula is C25H25ClN2O3. The molecule has 3 aromatic rings. The minimum atomic E-state index is -1.18. The van der Waals surface area contributed by atoms with Gasteiger partial charge in [-0.3, -0.25) is 0 Å². The van der Waals surface area contributed by atoms with Crippen LogP contribution in [0.5, 0.6) is 0 Å². The van der Waals surface area contributed by atoms with Crippen LogP contribution in [0.2, 0.25) is 5.02 Å². The van der Waals surface area contributed by atoms with Crippen molar-refractivity contribution >= 4 is 34.3 Å². The molecule has 0 unspecified atom stereocenters. The Morgan fingerprint density at radius 3 is 2.48 bits per heavy atom. The number of halogens is 1. The normalized spacial score (nSPS) is 14.6. The molecule has 0 saturated carbocycles. The minimum absolute atomic E-state index is 0.344. The first-order valence-electron chi connectivity index (χ1n) is 10.4. The fourth-order valence-corrected chi connectivity index (χ4v) is 4.36. The Labute approximate surface area is 186 Å². The molecule has 0 radical (unpaired) electrons. The highest BCUT2D eigenvalue weighted by Gasteiger charge is 2.29. The van der Waals surface area contributed by atoms with Gasteiger partial charge in [0.15, 0.2) is 0 Å². The lowest BCUT2D eigenvalue weighted by molar-refractivity contribution is -0.148. The van der Waals surface area contributed by atoms with Gasteiger partial charge in [0.1, 0.15) is 5.82 Å². The van der Waals surface area contributed by atoms with Crippen LogP contribution in [-0.4, -0.2) is 29.1 Å². The molecule has 1 aliphatic rings. The molecule has 4 rings (SSSR count). The van der Waals surface area contributed by atoms with Gasteiger partial charge in [0, 0.05) is 29.1 Å². The van der Waals surface area contributed by atoms with Crippen LogP contribution in [0.3, 0.4) is 0 Å². The number of carboxylic acid groups (broad SMARTS) is 1. The standard InChI is InChI=1S/C25H25ClN2O3/c1-15(2)31-24(25(29)30)22-16(3)14-20-19(23(22)17-6-8-18(26)9-7-17)10-11-21(27-20)28-12-4-5-13-28/h6-11,14,24H,1,4-5,12-13H2,2-3H3,(H,29,30)/t24-/m0/s1. The summed E-state index contributed by atoms with van der Waals surface area (Å²) in [5.41, 5.74) is 3.88. The third kappa shape index (κ3) is 4.23. The van der Waals surface area contributed by atoms with Crippen molar-refractivity contribution in [2.24, 2.45) is 0 Å². The number of pyridine rings is 1. The van der Waals surface area contributed by atoms with Crippen LogP contribution < -0.4 is 4.90 Å². The van der Waals surface area contributed by atoms with Gasteiger partial charge in [-0.15, -0.1) is 0 Å². The molecule has 5 nitrogen and oxygen atoms in total. The Morgan fingerprint density at radius 2 is 1.87 bits per heavy atom. The Hall–Kier alpha value is -3.05. The predicted molar refractivity (Wildman–Crippen MR) is 125 cm³/mol. The van der Waals surface area contributed by atoms with Crippen LogP contribution >= 0.6 is 11.6 Å². The fraction of sp³-hybridized carbons (Fsp3) is 0.280. The molecule has 0 amide bonds. The summed E-state index contributed by atoms with van der Waals surface area (Å²) < 4.78 is 5.67. The molecule has 2 heterocycles. The summed E-state index contributed by atoms with van der Waals surface area (Å²) >= 11 is 6.12. The van der Waals surface area contributed by atoms with E-state index < -0.39 is 12.1 Å². The van der Waals surface area contributed by atoms with E-state index in [4.69, 9.17) is 21.3 Å². The topological polar surface area (TPSA) is 62.7 Å². The molecule has 1 N–H and O–H groups in total. The smallest absolute Gasteiger partial charge is 0.349 e. The molecule has 31 heavy (non-hydrogen) atoms. The summed E-state index contributed by atoms with van der Waals surface area (Å²) in [6.45, 7) is 9.31. The number of carbonyl (C=O) groups is 1. The Bertz CT molecular complexity index is 1150. The molecule has 1 fully saturated rings. The number of aryl methyl sites for hydroxylation is 1.